The van der Waals surface area contributed by atoms with E-state index in [2.05, 4.69) is 33.0 Å². The molecular weight excluding hydrogens is 150 g/mol. The SMILES string of the molecule is CCC1(C)CNCC(C)(CC)O1. The Balaban J connectivity index is 2.62. The van der Waals surface area contributed by atoms with Crippen LogP contribution in [-0.4, -0.2) is 24.3 Å². The standard InChI is InChI=1S/C10H21NO/c1-5-9(3)7-11-8-10(4,6-2)12-9/h11H,5-8H2,1-4H3. The first kappa shape index (κ1) is 10.0. The van der Waals surface area contributed by atoms with Gasteiger partial charge in [0.15, 0.2) is 0 Å². The van der Waals surface area contributed by atoms with Crippen LogP contribution in [0.25, 0.3) is 0 Å². The summed E-state index contributed by atoms with van der Waals surface area (Å²) in [5, 5.41) is 3.44. The smallest absolute Gasteiger partial charge is 0.0783 e. The number of hydrogen-bond donors (Lipinski definition) is 1. The maximum atomic E-state index is 6.10. The van der Waals surface area contributed by atoms with Gasteiger partial charge in [-0.1, -0.05) is 13.8 Å². The Bertz CT molecular complexity index is 144. The molecule has 0 radical (unpaired) electrons. The van der Waals surface area contributed by atoms with E-state index in [1.54, 1.807) is 0 Å². The highest BCUT2D eigenvalue weighted by atomic mass is 16.5. The van der Waals surface area contributed by atoms with E-state index >= 15 is 0 Å². The van der Waals surface area contributed by atoms with Gasteiger partial charge in [-0.3, -0.25) is 0 Å². The molecule has 1 fully saturated rings. The molecule has 1 heterocycles. The first-order valence-corrected chi connectivity index (χ1v) is 4.94. The molecule has 1 N–H and O–H groups in total. The quantitative estimate of drug-likeness (QED) is 0.685. The van der Waals surface area contributed by atoms with Gasteiger partial charge in [0.05, 0.1) is 11.2 Å². The monoisotopic (exact) mass is 171 g/mol. The second-order valence-electron chi connectivity index (χ2n) is 4.31. The Morgan fingerprint density at radius 2 is 1.50 bits per heavy atom. The predicted molar refractivity (Wildman–Crippen MR) is 51.3 cm³/mol. The third-order valence-corrected chi connectivity index (χ3v) is 2.99. The Labute approximate surface area is 75.7 Å². The molecule has 1 aliphatic heterocycles. The van der Waals surface area contributed by atoms with Crippen molar-refractivity contribution in [3.05, 3.63) is 0 Å². The van der Waals surface area contributed by atoms with Crippen LogP contribution >= 0.6 is 0 Å². The summed E-state index contributed by atoms with van der Waals surface area (Å²) in [7, 11) is 0. The summed E-state index contributed by atoms with van der Waals surface area (Å²) in [6, 6.07) is 0. The third kappa shape index (κ3) is 1.99. The highest BCUT2D eigenvalue weighted by Crippen LogP contribution is 2.28. The minimum absolute atomic E-state index is 0.0447. The molecule has 2 atom stereocenters. The molecule has 2 nitrogen and oxygen atoms in total. The van der Waals surface area contributed by atoms with E-state index in [0.717, 1.165) is 25.9 Å². The molecule has 72 valence electrons. The molecule has 1 rings (SSSR count). The topological polar surface area (TPSA) is 21.3 Å². The van der Waals surface area contributed by atoms with Gasteiger partial charge >= 0.3 is 0 Å². The summed E-state index contributed by atoms with van der Waals surface area (Å²) in [6.45, 7) is 10.7. The van der Waals surface area contributed by atoms with Crippen LogP contribution < -0.4 is 5.32 Å². The average molecular weight is 171 g/mol. The van der Waals surface area contributed by atoms with Crippen LogP contribution in [0.15, 0.2) is 0 Å². The van der Waals surface area contributed by atoms with Crippen molar-refractivity contribution in [3.8, 4) is 0 Å². The average Bonchev–Trinajstić information content (AvgIpc) is 2.05. The van der Waals surface area contributed by atoms with Gasteiger partial charge in [0.1, 0.15) is 0 Å². The van der Waals surface area contributed by atoms with E-state index in [9.17, 15) is 0 Å². The van der Waals surface area contributed by atoms with Gasteiger partial charge in [-0.25, -0.2) is 0 Å². The Hall–Kier alpha value is -0.0800. The van der Waals surface area contributed by atoms with E-state index < -0.39 is 0 Å². The summed E-state index contributed by atoms with van der Waals surface area (Å²) in [4.78, 5) is 0. The lowest BCUT2D eigenvalue weighted by atomic mass is 9.94. The molecule has 2 heteroatoms. The van der Waals surface area contributed by atoms with Gasteiger partial charge in [-0.2, -0.15) is 0 Å². The highest BCUT2D eigenvalue weighted by molar-refractivity contribution is 4.90. The van der Waals surface area contributed by atoms with Gasteiger partial charge < -0.3 is 10.1 Å². The van der Waals surface area contributed by atoms with Crippen molar-refractivity contribution >= 4 is 0 Å². The highest BCUT2D eigenvalue weighted by Gasteiger charge is 2.37. The fourth-order valence-corrected chi connectivity index (χ4v) is 1.65. The van der Waals surface area contributed by atoms with E-state index in [0.29, 0.717) is 0 Å². The summed E-state index contributed by atoms with van der Waals surface area (Å²) in [6.07, 6.45) is 2.16. The van der Waals surface area contributed by atoms with Gasteiger partial charge in [0.2, 0.25) is 0 Å². The zero-order valence-corrected chi connectivity index (χ0v) is 8.74. The molecule has 0 spiro atoms. The van der Waals surface area contributed by atoms with Gasteiger partial charge in [0, 0.05) is 13.1 Å². The molecule has 0 aromatic carbocycles. The van der Waals surface area contributed by atoms with E-state index in [-0.39, 0.29) is 11.2 Å². The molecule has 0 bridgehead atoms. The number of rotatable bonds is 2. The minimum atomic E-state index is 0.0447. The molecule has 0 aliphatic carbocycles. The van der Waals surface area contributed by atoms with Crippen molar-refractivity contribution in [2.75, 3.05) is 13.1 Å². The van der Waals surface area contributed by atoms with Gasteiger partial charge in [-0.15, -0.1) is 0 Å². The van der Waals surface area contributed by atoms with Crippen molar-refractivity contribution in [2.45, 2.75) is 51.7 Å². The minimum Gasteiger partial charge on any atom is -0.367 e. The van der Waals surface area contributed by atoms with E-state index in [1.807, 2.05) is 0 Å². The molecule has 0 aromatic heterocycles. The van der Waals surface area contributed by atoms with Crippen LogP contribution in [0.5, 0.6) is 0 Å². The first-order chi connectivity index (χ1) is 5.54. The summed E-state index contributed by atoms with van der Waals surface area (Å²) >= 11 is 0. The van der Waals surface area contributed by atoms with Crippen LogP contribution in [0.3, 0.4) is 0 Å². The molecular formula is C10H21NO. The lowest BCUT2D eigenvalue weighted by Crippen LogP contribution is -2.57. The maximum absolute atomic E-state index is 6.10. The Kier molecular flexibility index (Phi) is 2.79. The summed E-state index contributed by atoms with van der Waals surface area (Å²) in [5.41, 5.74) is 0.0893. The van der Waals surface area contributed by atoms with Crippen molar-refractivity contribution < 1.29 is 4.74 Å². The largest absolute Gasteiger partial charge is 0.367 e. The maximum Gasteiger partial charge on any atom is 0.0783 e. The van der Waals surface area contributed by atoms with Crippen molar-refractivity contribution in [3.63, 3.8) is 0 Å². The zero-order chi connectivity index (χ0) is 9.24. The molecule has 0 aromatic rings. The predicted octanol–water partition coefficient (Wildman–Crippen LogP) is 1.94. The van der Waals surface area contributed by atoms with Crippen LogP contribution in [0.2, 0.25) is 0 Å². The second kappa shape index (κ2) is 3.35. The lowest BCUT2D eigenvalue weighted by molar-refractivity contribution is -0.163. The normalized spacial score (nSPS) is 43.0. The number of ether oxygens (including phenoxy) is 1. The number of nitrogens with one attached hydrogen (secondary N) is 1. The molecule has 0 saturated carbocycles. The fourth-order valence-electron chi connectivity index (χ4n) is 1.65. The summed E-state index contributed by atoms with van der Waals surface area (Å²) in [5.74, 6) is 0. The van der Waals surface area contributed by atoms with Crippen molar-refractivity contribution in [1.29, 1.82) is 0 Å². The molecule has 1 saturated heterocycles. The Morgan fingerprint density at radius 3 is 1.83 bits per heavy atom. The van der Waals surface area contributed by atoms with Crippen LogP contribution in [0.4, 0.5) is 0 Å². The molecule has 2 unspecified atom stereocenters. The molecule has 0 amide bonds. The van der Waals surface area contributed by atoms with Gasteiger partial charge in [0.25, 0.3) is 0 Å². The summed E-state index contributed by atoms with van der Waals surface area (Å²) < 4.78 is 6.10. The lowest BCUT2D eigenvalue weighted by Gasteiger charge is -2.45. The number of hydrogen-bond acceptors (Lipinski definition) is 2. The van der Waals surface area contributed by atoms with Gasteiger partial charge in [-0.05, 0) is 26.7 Å². The number of morpholine rings is 1. The second-order valence-corrected chi connectivity index (χ2v) is 4.31. The molecule has 1 aliphatic rings. The zero-order valence-electron chi connectivity index (χ0n) is 8.74. The van der Waals surface area contributed by atoms with Crippen LogP contribution in [-0.2, 0) is 4.74 Å². The van der Waals surface area contributed by atoms with E-state index in [4.69, 9.17) is 4.74 Å². The van der Waals surface area contributed by atoms with Crippen LogP contribution in [0.1, 0.15) is 40.5 Å². The fraction of sp³-hybridized carbons (Fsp3) is 1.00. The first-order valence-electron chi connectivity index (χ1n) is 4.94. The third-order valence-electron chi connectivity index (χ3n) is 2.99. The van der Waals surface area contributed by atoms with E-state index in [1.165, 1.54) is 0 Å². The van der Waals surface area contributed by atoms with Crippen molar-refractivity contribution in [1.82, 2.24) is 5.32 Å². The van der Waals surface area contributed by atoms with Crippen molar-refractivity contribution in [2.24, 2.45) is 0 Å². The van der Waals surface area contributed by atoms with Crippen LogP contribution in [0, 0.1) is 0 Å². The molecule has 12 heavy (non-hydrogen) atoms. The Morgan fingerprint density at radius 1 is 1.08 bits per heavy atom.